The van der Waals surface area contributed by atoms with Gasteiger partial charge in [-0.2, -0.15) is 0 Å². The Labute approximate surface area is 325 Å². The number of rotatable bonds is 20. The molecule has 0 saturated carbocycles. The zero-order chi connectivity index (χ0) is 42.1. The number of aliphatic hydroxyl groups is 1. The number of imide groups is 1. The maximum atomic E-state index is 13.0. The maximum absolute atomic E-state index is 13.0. The van der Waals surface area contributed by atoms with Crippen molar-refractivity contribution in [1.29, 1.82) is 0 Å². The number of ether oxygens (including phenoxy) is 2. The van der Waals surface area contributed by atoms with Crippen molar-refractivity contribution in [2.24, 2.45) is 23.5 Å². The Kier molecular flexibility index (Phi) is 25.4. The zero-order valence-corrected chi connectivity index (χ0v) is 34.0. The van der Waals surface area contributed by atoms with Gasteiger partial charge >= 0.3 is 12.1 Å². The summed E-state index contributed by atoms with van der Waals surface area (Å²) in [7, 11) is 0. The van der Waals surface area contributed by atoms with E-state index < -0.39 is 36.0 Å². The first-order valence-electron chi connectivity index (χ1n) is 18.9. The van der Waals surface area contributed by atoms with Crippen LogP contribution in [0.3, 0.4) is 0 Å². The van der Waals surface area contributed by atoms with E-state index in [1.54, 1.807) is 38.1 Å². The highest BCUT2D eigenvalue weighted by molar-refractivity contribution is 6.03. The Bertz CT molecular complexity index is 1360. The topological polar surface area (TPSA) is 248 Å². The quantitative estimate of drug-likeness (QED) is 0.0954. The molecule has 0 aromatic heterocycles. The molecule has 17 heteroatoms. The molecular formula is C38H65N7O10. The summed E-state index contributed by atoms with van der Waals surface area (Å²) in [5.74, 6) is -1.63. The van der Waals surface area contributed by atoms with Crippen molar-refractivity contribution in [3.63, 3.8) is 0 Å². The van der Waals surface area contributed by atoms with Crippen LogP contribution in [0.4, 0.5) is 15.3 Å². The van der Waals surface area contributed by atoms with Gasteiger partial charge in [-0.1, -0.05) is 60.6 Å². The summed E-state index contributed by atoms with van der Waals surface area (Å²) in [4.78, 5) is 85.0. The fraction of sp³-hybridized carbons (Fsp3) is 0.658. The highest BCUT2D eigenvalue weighted by atomic mass is 16.5. The summed E-state index contributed by atoms with van der Waals surface area (Å²) in [6, 6.07) is 4.35. The molecule has 4 atom stereocenters. The first-order chi connectivity index (χ1) is 25.9. The third-order valence-electron chi connectivity index (χ3n) is 7.97. The van der Waals surface area contributed by atoms with Crippen LogP contribution in [0.2, 0.25) is 0 Å². The molecule has 0 bridgehead atoms. The molecular weight excluding hydrogens is 714 g/mol. The van der Waals surface area contributed by atoms with Crippen molar-refractivity contribution in [3.8, 4) is 0 Å². The number of likely N-dealkylation sites (tertiary alicyclic amines) is 1. The van der Waals surface area contributed by atoms with E-state index in [2.05, 4.69) is 46.2 Å². The number of carbonyl (C=O) groups is 7. The van der Waals surface area contributed by atoms with Crippen molar-refractivity contribution in [2.75, 3.05) is 38.2 Å². The van der Waals surface area contributed by atoms with Gasteiger partial charge in [-0.3, -0.25) is 28.9 Å². The molecule has 1 saturated heterocycles. The number of hydrogen-bond donors (Lipinski definition) is 7. The molecule has 1 fully saturated rings. The third-order valence-corrected chi connectivity index (χ3v) is 7.97. The fourth-order valence-corrected chi connectivity index (χ4v) is 4.74. The van der Waals surface area contributed by atoms with Crippen molar-refractivity contribution in [1.82, 2.24) is 26.2 Å². The number of urea groups is 1. The van der Waals surface area contributed by atoms with Gasteiger partial charge in [0.15, 0.2) is 0 Å². The number of nitrogens with two attached hydrogens (primary N) is 1. The predicted molar refractivity (Wildman–Crippen MR) is 208 cm³/mol. The Morgan fingerprint density at radius 3 is 2.05 bits per heavy atom. The van der Waals surface area contributed by atoms with E-state index >= 15 is 0 Å². The standard InChI is InChI=1S/C33H51N5O8.C3H8N2O2.C2H6/c1-20(2)14-17-45-23(6)8-13-27(39)37-29(21(3)4)31(42)35-24(7)30(41)36-26-11-9-25(10-12-26)19-46-33(44)34-15-16-38-28(40)18-22(5)32(38)43;4-3(7)5-1-2-6;1-2/h9-12,20-24,29H,8,13-19H2,1-7H3,(H,34,44)(H,35,42)(H,36,41)(H,37,39);6H,1-2H2,(H3,4,5,7);1-2H3. The normalized spacial score (nSPS) is 15.1. The molecule has 2 rings (SSSR count). The molecule has 0 spiro atoms. The van der Waals surface area contributed by atoms with E-state index in [1.165, 1.54) is 0 Å². The molecule has 8 amide bonds. The number of aliphatic hydroxyl groups excluding tert-OH is 1. The average molecular weight is 780 g/mol. The molecule has 55 heavy (non-hydrogen) atoms. The average Bonchev–Trinajstić information content (AvgIpc) is 3.38. The maximum Gasteiger partial charge on any atom is 0.407 e. The van der Waals surface area contributed by atoms with Crippen LogP contribution in [0.5, 0.6) is 0 Å². The van der Waals surface area contributed by atoms with Gasteiger partial charge < -0.3 is 46.9 Å². The molecule has 0 radical (unpaired) electrons. The summed E-state index contributed by atoms with van der Waals surface area (Å²) >= 11 is 0. The van der Waals surface area contributed by atoms with Gasteiger partial charge in [-0.25, -0.2) is 9.59 Å². The minimum Gasteiger partial charge on any atom is -0.445 e. The van der Waals surface area contributed by atoms with Crippen molar-refractivity contribution >= 4 is 47.3 Å². The summed E-state index contributed by atoms with van der Waals surface area (Å²) in [5.41, 5.74) is 5.76. The zero-order valence-electron chi connectivity index (χ0n) is 34.0. The Balaban J connectivity index is 0.00000290. The van der Waals surface area contributed by atoms with Crippen LogP contribution in [-0.2, 0) is 40.1 Å². The van der Waals surface area contributed by atoms with Crippen LogP contribution >= 0.6 is 0 Å². The lowest BCUT2D eigenvalue weighted by molar-refractivity contribution is -0.139. The van der Waals surface area contributed by atoms with Crippen molar-refractivity contribution < 1.29 is 48.1 Å². The van der Waals surface area contributed by atoms with E-state index in [0.29, 0.717) is 30.2 Å². The van der Waals surface area contributed by atoms with E-state index in [0.717, 1.165) is 11.3 Å². The number of primary amides is 1. The van der Waals surface area contributed by atoms with Gasteiger partial charge in [-0.15, -0.1) is 0 Å². The largest absolute Gasteiger partial charge is 0.445 e. The molecule has 1 aromatic rings. The van der Waals surface area contributed by atoms with Crippen LogP contribution in [0.15, 0.2) is 24.3 Å². The molecule has 1 aliphatic heterocycles. The number of carbonyl (C=O) groups excluding carboxylic acids is 7. The van der Waals surface area contributed by atoms with Gasteiger partial charge in [0.05, 0.1) is 12.7 Å². The van der Waals surface area contributed by atoms with Gasteiger partial charge in [0.1, 0.15) is 18.7 Å². The Morgan fingerprint density at radius 1 is 0.909 bits per heavy atom. The minimum atomic E-state index is -0.874. The second kappa shape index (κ2) is 27.8. The number of alkyl carbamates (subject to hydrolysis) is 1. The van der Waals surface area contributed by atoms with E-state index in [1.807, 2.05) is 34.6 Å². The first kappa shape index (κ1) is 50.2. The Hall–Kier alpha value is -4.77. The molecule has 1 aliphatic rings. The molecule has 17 nitrogen and oxygen atoms in total. The van der Waals surface area contributed by atoms with Gasteiger partial charge in [-0.05, 0) is 56.2 Å². The molecule has 4 unspecified atom stereocenters. The first-order valence-corrected chi connectivity index (χ1v) is 18.9. The van der Waals surface area contributed by atoms with Crippen LogP contribution in [0.25, 0.3) is 0 Å². The van der Waals surface area contributed by atoms with Gasteiger partial charge in [0, 0.05) is 50.7 Å². The van der Waals surface area contributed by atoms with Gasteiger partial charge in [0.2, 0.25) is 29.5 Å². The highest BCUT2D eigenvalue weighted by Crippen LogP contribution is 2.18. The highest BCUT2D eigenvalue weighted by Gasteiger charge is 2.35. The lowest BCUT2D eigenvalue weighted by Crippen LogP contribution is -2.53. The number of nitrogens with one attached hydrogen (secondary N) is 5. The lowest BCUT2D eigenvalue weighted by atomic mass is 10.0. The summed E-state index contributed by atoms with van der Waals surface area (Å²) in [5, 5.41) is 21.0. The Morgan fingerprint density at radius 2 is 1.55 bits per heavy atom. The summed E-state index contributed by atoms with van der Waals surface area (Å²) in [6.07, 6.45) is 1.14. The number of hydrogen-bond acceptors (Lipinski definition) is 10. The van der Waals surface area contributed by atoms with Crippen LogP contribution < -0.4 is 32.3 Å². The summed E-state index contributed by atoms with van der Waals surface area (Å²) < 4.78 is 10.9. The number of anilines is 1. The molecule has 312 valence electrons. The molecule has 8 N–H and O–H groups in total. The number of amides is 8. The van der Waals surface area contributed by atoms with Crippen molar-refractivity contribution in [2.45, 2.75) is 113 Å². The molecule has 1 heterocycles. The second-order valence-corrected chi connectivity index (χ2v) is 13.6. The van der Waals surface area contributed by atoms with E-state index in [9.17, 15) is 33.6 Å². The van der Waals surface area contributed by atoms with Gasteiger partial charge in [0.25, 0.3) is 0 Å². The van der Waals surface area contributed by atoms with Crippen LogP contribution in [-0.4, -0.2) is 103 Å². The van der Waals surface area contributed by atoms with Crippen LogP contribution in [0, 0.1) is 17.8 Å². The van der Waals surface area contributed by atoms with Crippen molar-refractivity contribution in [3.05, 3.63) is 29.8 Å². The monoisotopic (exact) mass is 779 g/mol. The van der Waals surface area contributed by atoms with E-state index in [-0.39, 0.29) is 81.4 Å². The number of nitrogens with zero attached hydrogens (tertiary/aromatic N) is 1. The van der Waals surface area contributed by atoms with E-state index in [4.69, 9.17) is 14.6 Å². The SMILES string of the molecule is CC.CC(C)CCOC(C)CCC(=O)NC(C(=O)NC(C)C(=O)Nc1ccc(COC(=O)NCCN2C(=O)CC(C)C2=O)cc1)C(C)C.NC(=O)NCCO. The predicted octanol–water partition coefficient (Wildman–Crippen LogP) is 2.80. The number of benzene rings is 1. The fourth-order valence-electron chi connectivity index (χ4n) is 4.74. The minimum absolute atomic E-state index is 0.0302. The second-order valence-electron chi connectivity index (χ2n) is 13.6. The smallest absolute Gasteiger partial charge is 0.407 e. The molecule has 1 aromatic carbocycles. The molecule has 0 aliphatic carbocycles. The lowest BCUT2D eigenvalue weighted by Gasteiger charge is -2.24. The third kappa shape index (κ3) is 21.6. The summed E-state index contributed by atoms with van der Waals surface area (Å²) in [6.45, 7) is 18.0. The van der Waals surface area contributed by atoms with Crippen LogP contribution in [0.1, 0.15) is 93.6 Å².